The largest absolute Gasteiger partial charge is 0.317 e. The third-order valence-corrected chi connectivity index (χ3v) is 14.4. The molecule has 0 spiro atoms. The fourth-order valence-corrected chi connectivity index (χ4v) is 10.6. The van der Waals surface area contributed by atoms with E-state index in [-0.39, 0.29) is 10.8 Å². The summed E-state index contributed by atoms with van der Waals surface area (Å²) in [7, 11) is 0. The van der Waals surface area contributed by atoms with Gasteiger partial charge < -0.3 is 4.90 Å². The first kappa shape index (κ1) is 41.7. The van der Waals surface area contributed by atoms with E-state index in [1.165, 1.54) is 94.6 Å². The predicted molar refractivity (Wildman–Crippen MR) is 286 cm³/mol. The molecule has 67 heavy (non-hydrogen) atoms. The van der Waals surface area contributed by atoms with Gasteiger partial charge in [-0.1, -0.05) is 222 Å². The summed E-state index contributed by atoms with van der Waals surface area (Å²) >= 11 is 0. The van der Waals surface area contributed by atoms with E-state index in [1.54, 1.807) is 0 Å². The Morgan fingerprint density at radius 2 is 0.776 bits per heavy atom. The molecule has 0 radical (unpaired) electrons. The van der Waals surface area contributed by atoms with Crippen LogP contribution < -0.4 is 4.90 Å². The van der Waals surface area contributed by atoms with Gasteiger partial charge >= 0.3 is 0 Å². The van der Waals surface area contributed by atoms with E-state index in [0.29, 0.717) is 0 Å². The second kappa shape index (κ2) is 16.8. The van der Waals surface area contributed by atoms with Gasteiger partial charge in [0.1, 0.15) is 0 Å². The van der Waals surface area contributed by atoms with Crippen LogP contribution in [0.15, 0.2) is 243 Å². The third kappa shape index (κ3) is 7.47. The van der Waals surface area contributed by atoms with Gasteiger partial charge in [0.15, 0.2) is 0 Å². The molecule has 322 valence electrons. The monoisotopic (exact) mass is 859 g/mol. The highest BCUT2D eigenvalue weighted by Crippen LogP contribution is 2.52. The van der Waals surface area contributed by atoms with Gasteiger partial charge in [0.05, 0.1) is 0 Å². The molecule has 0 aliphatic heterocycles. The van der Waals surface area contributed by atoms with E-state index < -0.39 is 0 Å². The normalized spacial score (nSPS) is 14.0. The fourth-order valence-electron chi connectivity index (χ4n) is 10.6. The van der Waals surface area contributed by atoms with Crippen molar-refractivity contribution >= 4 is 16.9 Å². The second-order valence-corrected chi connectivity index (χ2v) is 19.0. The molecule has 0 fully saturated rings. The number of fused-ring (bicyclic) bond motifs is 6. The standard InChI is InChI=1S/C66H53N/c1-6-15-45(53-32-37-58-57-20-13-14-21-61(57)65(2,3)62(58)42-53)40-41-67(55-34-30-51(31-35-55)47-18-11-8-12-19-47)56-36-39-60-59-38-33-54(43-63(59)66(4,5)64(60)44-56)52-28-26-50(27-29-52)49-24-22-48(23-25-49)46-16-9-7-10-17-46/h6-44H,1H2,2-5H3/b41-40-,45-15+. The molecule has 9 aromatic carbocycles. The first-order valence-corrected chi connectivity index (χ1v) is 23.4. The van der Waals surface area contributed by atoms with Gasteiger partial charge in [-0.05, 0) is 143 Å². The van der Waals surface area contributed by atoms with E-state index in [9.17, 15) is 0 Å². The van der Waals surface area contributed by atoms with Gasteiger partial charge in [-0.2, -0.15) is 0 Å². The molecule has 0 amide bonds. The van der Waals surface area contributed by atoms with Crippen molar-refractivity contribution in [2.75, 3.05) is 4.90 Å². The van der Waals surface area contributed by atoms with Crippen LogP contribution >= 0.6 is 0 Å². The Morgan fingerprint density at radius 3 is 1.36 bits per heavy atom. The Bertz CT molecular complexity index is 3360. The van der Waals surface area contributed by atoms with Crippen molar-refractivity contribution in [3.8, 4) is 66.8 Å². The minimum atomic E-state index is -0.216. The molecule has 1 heteroatoms. The van der Waals surface area contributed by atoms with Crippen LogP contribution in [0.2, 0.25) is 0 Å². The van der Waals surface area contributed by atoms with Crippen molar-refractivity contribution in [3.05, 3.63) is 271 Å². The minimum Gasteiger partial charge on any atom is -0.317 e. The van der Waals surface area contributed by atoms with E-state index in [2.05, 4.69) is 270 Å². The van der Waals surface area contributed by atoms with Crippen molar-refractivity contribution in [1.82, 2.24) is 0 Å². The average Bonchev–Trinajstić information content (AvgIpc) is 3.75. The number of hydrogen-bond acceptors (Lipinski definition) is 1. The average molecular weight is 860 g/mol. The lowest BCUT2D eigenvalue weighted by Gasteiger charge is -2.26. The van der Waals surface area contributed by atoms with E-state index in [4.69, 9.17) is 0 Å². The van der Waals surface area contributed by atoms with Crippen LogP contribution in [0.25, 0.3) is 72.3 Å². The summed E-state index contributed by atoms with van der Waals surface area (Å²) in [6.45, 7) is 13.6. The second-order valence-electron chi connectivity index (χ2n) is 19.0. The molecule has 0 atom stereocenters. The first-order chi connectivity index (χ1) is 32.7. The van der Waals surface area contributed by atoms with Crippen molar-refractivity contribution in [3.63, 3.8) is 0 Å². The van der Waals surface area contributed by atoms with Crippen molar-refractivity contribution in [1.29, 1.82) is 0 Å². The summed E-state index contributed by atoms with van der Waals surface area (Å²) in [5.41, 5.74) is 24.6. The van der Waals surface area contributed by atoms with Gasteiger partial charge in [0.2, 0.25) is 0 Å². The lowest BCUT2D eigenvalue weighted by Crippen LogP contribution is -2.16. The SMILES string of the molecule is C=C/C=C(\C=C/N(c1ccc(-c2ccccc2)cc1)c1ccc2c(c1)C(C)(C)c1cc(-c3ccc(-c4ccc(-c5ccccc5)cc4)cc3)ccc1-2)c1ccc2c(c1)C(C)(C)c1ccccc1-2. The lowest BCUT2D eigenvalue weighted by molar-refractivity contribution is 0.660. The number of benzene rings is 9. The zero-order valence-corrected chi connectivity index (χ0v) is 38.7. The summed E-state index contributed by atoms with van der Waals surface area (Å²) in [4.78, 5) is 2.33. The van der Waals surface area contributed by atoms with E-state index in [1.807, 2.05) is 6.08 Å². The number of rotatable bonds is 10. The van der Waals surface area contributed by atoms with Crippen LogP contribution in [-0.4, -0.2) is 0 Å². The molecule has 9 aromatic rings. The zero-order valence-electron chi connectivity index (χ0n) is 38.7. The maximum Gasteiger partial charge on any atom is 0.0458 e. The smallest absolute Gasteiger partial charge is 0.0458 e. The van der Waals surface area contributed by atoms with Gasteiger partial charge in [0, 0.05) is 28.4 Å². The maximum atomic E-state index is 4.15. The highest BCUT2D eigenvalue weighted by atomic mass is 15.1. The summed E-state index contributed by atoms with van der Waals surface area (Å²) in [6.07, 6.45) is 8.50. The third-order valence-electron chi connectivity index (χ3n) is 14.4. The Hall–Kier alpha value is -8.00. The van der Waals surface area contributed by atoms with Crippen LogP contribution in [0, 0.1) is 0 Å². The van der Waals surface area contributed by atoms with Gasteiger partial charge in [0.25, 0.3) is 0 Å². The topological polar surface area (TPSA) is 3.24 Å². The summed E-state index contributed by atoms with van der Waals surface area (Å²) in [5, 5.41) is 0. The predicted octanol–water partition coefficient (Wildman–Crippen LogP) is 17.9. The molecule has 0 N–H and O–H groups in total. The van der Waals surface area contributed by atoms with Crippen LogP contribution in [-0.2, 0) is 10.8 Å². The molecule has 11 rings (SSSR count). The molecule has 0 saturated heterocycles. The van der Waals surface area contributed by atoms with Crippen LogP contribution in [0.1, 0.15) is 55.5 Å². The Morgan fingerprint density at radius 1 is 0.373 bits per heavy atom. The number of anilines is 2. The molecule has 0 saturated carbocycles. The lowest BCUT2D eigenvalue weighted by atomic mass is 9.81. The molecule has 0 aromatic heterocycles. The van der Waals surface area contributed by atoms with Gasteiger partial charge in [-0.3, -0.25) is 0 Å². The van der Waals surface area contributed by atoms with Crippen molar-refractivity contribution in [2.24, 2.45) is 0 Å². The van der Waals surface area contributed by atoms with Crippen LogP contribution in [0.3, 0.4) is 0 Å². The van der Waals surface area contributed by atoms with Crippen molar-refractivity contribution in [2.45, 2.75) is 38.5 Å². The molecular formula is C66H53N. The molecule has 2 aliphatic rings. The van der Waals surface area contributed by atoms with Gasteiger partial charge in [-0.25, -0.2) is 0 Å². The highest BCUT2D eigenvalue weighted by Gasteiger charge is 2.37. The number of allylic oxidation sites excluding steroid dienone is 4. The molecule has 0 unspecified atom stereocenters. The highest BCUT2D eigenvalue weighted by molar-refractivity contribution is 5.88. The van der Waals surface area contributed by atoms with Crippen LogP contribution in [0.5, 0.6) is 0 Å². The molecule has 1 nitrogen and oxygen atoms in total. The Balaban J connectivity index is 0.918. The van der Waals surface area contributed by atoms with E-state index >= 15 is 0 Å². The molecule has 0 bridgehead atoms. The zero-order chi connectivity index (χ0) is 45.7. The first-order valence-electron chi connectivity index (χ1n) is 23.4. The maximum absolute atomic E-state index is 4.15. The number of hydrogen-bond donors (Lipinski definition) is 0. The molecule has 2 aliphatic carbocycles. The number of nitrogens with zero attached hydrogens (tertiary/aromatic N) is 1. The van der Waals surface area contributed by atoms with E-state index in [0.717, 1.165) is 16.9 Å². The molecular weight excluding hydrogens is 807 g/mol. The van der Waals surface area contributed by atoms with Crippen molar-refractivity contribution < 1.29 is 0 Å². The Kier molecular flexibility index (Phi) is 10.4. The summed E-state index contributed by atoms with van der Waals surface area (Å²) < 4.78 is 0. The minimum absolute atomic E-state index is 0.0890. The van der Waals surface area contributed by atoms with Gasteiger partial charge in [-0.15, -0.1) is 0 Å². The fraction of sp³-hybridized carbons (Fsp3) is 0.0909. The summed E-state index contributed by atoms with van der Waals surface area (Å²) in [6, 6.07) is 77.9. The molecule has 0 heterocycles. The summed E-state index contributed by atoms with van der Waals surface area (Å²) in [5.74, 6) is 0. The Labute approximate surface area is 396 Å². The quantitative estimate of drug-likeness (QED) is 0.124. The van der Waals surface area contributed by atoms with Crippen LogP contribution in [0.4, 0.5) is 11.4 Å².